The topological polar surface area (TPSA) is 29.5 Å². The molecule has 2 aromatic rings. The number of hydrogen-bond acceptors (Lipinski definition) is 2. The standard InChI is InChI=1S/C17H13NO2/c1-18-14-9-5-4-8-13(14)15(17(18)19)16-12-7-3-2-6-11(12)10-20-16/h2-9H,10H2,1H3/b16-15+. The van der Waals surface area contributed by atoms with Crippen LogP contribution in [0.4, 0.5) is 5.69 Å². The second-order valence-electron chi connectivity index (χ2n) is 5.03. The van der Waals surface area contributed by atoms with Gasteiger partial charge in [-0.15, -0.1) is 0 Å². The van der Waals surface area contributed by atoms with E-state index in [0.29, 0.717) is 17.9 Å². The number of ether oxygens (including phenoxy) is 1. The Labute approximate surface area is 117 Å². The molecule has 0 aromatic heterocycles. The monoisotopic (exact) mass is 263 g/mol. The van der Waals surface area contributed by atoms with Crippen molar-refractivity contribution >= 4 is 22.9 Å². The van der Waals surface area contributed by atoms with E-state index in [1.54, 1.807) is 11.9 Å². The fraction of sp³-hybridized carbons (Fsp3) is 0.118. The average molecular weight is 263 g/mol. The molecule has 1 amide bonds. The second-order valence-corrected chi connectivity index (χ2v) is 5.03. The zero-order chi connectivity index (χ0) is 13.7. The number of benzene rings is 2. The summed E-state index contributed by atoms with van der Waals surface area (Å²) in [5, 5.41) is 0. The second kappa shape index (κ2) is 3.97. The van der Waals surface area contributed by atoms with E-state index in [1.165, 1.54) is 0 Å². The first-order valence-electron chi connectivity index (χ1n) is 6.60. The van der Waals surface area contributed by atoms with E-state index in [1.807, 2.05) is 48.5 Å². The number of hydrogen-bond donors (Lipinski definition) is 0. The van der Waals surface area contributed by atoms with Gasteiger partial charge in [-0.3, -0.25) is 4.79 Å². The summed E-state index contributed by atoms with van der Waals surface area (Å²) in [4.78, 5) is 14.2. The van der Waals surface area contributed by atoms with E-state index >= 15 is 0 Å². The number of anilines is 1. The van der Waals surface area contributed by atoms with Crippen LogP contribution >= 0.6 is 0 Å². The summed E-state index contributed by atoms with van der Waals surface area (Å²) in [6.45, 7) is 0.536. The molecule has 3 nitrogen and oxygen atoms in total. The van der Waals surface area contributed by atoms with E-state index in [9.17, 15) is 4.79 Å². The van der Waals surface area contributed by atoms with Crippen molar-refractivity contribution in [1.82, 2.24) is 0 Å². The zero-order valence-corrected chi connectivity index (χ0v) is 11.1. The molecule has 4 rings (SSSR count). The Balaban J connectivity index is 2.00. The minimum atomic E-state index is -0.00194. The highest BCUT2D eigenvalue weighted by Gasteiger charge is 2.35. The smallest absolute Gasteiger partial charge is 0.262 e. The predicted molar refractivity (Wildman–Crippen MR) is 77.9 cm³/mol. The van der Waals surface area contributed by atoms with Crippen LogP contribution in [-0.4, -0.2) is 13.0 Å². The first-order chi connectivity index (χ1) is 9.77. The van der Waals surface area contributed by atoms with Crippen LogP contribution in [0.15, 0.2) is 48.5 Å². The van der Waals surface area contributed by atoms with E-state index in [4.69, 9.17) is 4.74 Å². The van der Waals surface area contributed by atoms with Crippen LogP contribution in [0, 0.1) is 0 Å². The van der Waals surface area contributed by atoms with Gasteiger partial charge in [0.05, 0.1) is 11.3 Å². The minimum Gasteiger partial charge on any atom is -0.487 e. The molecule has 2 aromatic carbocycles. The first kappa shape index (κ1) is 11.3. The van der Waals surface area contributed by atoms with Crippen LogP contribution in [0.2, 0.25) is 0 Å². The van der Waals surface area contributed by atoms with Crippen molar-refractivity contribution in [3.05, 3.63) is 65.2 Å². The Bertz CT molecular complexity index is 761. The summed E-state index contributed by atoms with van der Waals surface area (Å²) in [5.74, 6) is 0.709. The quantitative estimate of drug-likeness (QED) is 0.684. The van der Waals surface area contributed by atoms with Crippen LogP contribution in [0.1, 0.15) is 16.7 Å². The number of carbonyl (C=O) groups is 1. The van der Waals surface area contributed by atoms with Crippen molar-refractivity contribution in [2.75, 3.05) is 11.9 Å². The summed E-state index contributed by atoms with van der Waals surface area (Å²) in [6, 6.07) is 15.9. The summed E-state index contributed by atoms with van der Waals surface area (Å²) in [7, 11) is 1.80. The maximum absolute atomic E-state index is 12.5. The van der Waals surface area contributed by atoms with Gasteiger partial charge in [0.1, 0.15) is 12.4 Å². The van der Waals surface area contributed by atoms with Gasteiger partial charge in [-0.2, -0.15) is 0 Å². The molecule has 0 bridgehead atoms. The fourth-order valence-corrected chi connectivity index (χ4v) is 2.89. The molecular formula is C17H13NO2. The lowest BCUT2D eigenvalue weighted by Crippen LogP contribution is -2.20. The van der Waals surface area contributed by atoms with Crippen molar-refractivity contribution in [2.45, 2.75) is 6.61 Å². The lowest BCUT2D eigenvalue weighted by molar-refractivity contribution is -0.112. The van der Waals surface area contributed by atoms with Crippen molar-refractivity contribution in [3.8, 4) is 0 Å². The largest absolute Gasteiger partial charge is 0.487 e. The van der Waals surface area contributed by atoms with Crippen LogP contribution in [-0.2, 0) is 16.1 Å². The molecule has 0 N–H and O–H groups in total. The third-order valence-corrected chi connectivity index (χ3v) is 3.91. The van der Waals surface area contributed by atoms with Crippen molar-refractivity contribution in [2.24, 2.45) is 0 Å². The number of amides is 1. The number of carbonyl (C=O) groups excluding carboxylic acids is 1. The molecule has 0 spiro atoms. The molecule has 0 saturated heterocycles. The SMILES string of the molecule is CN1C(=O)/C(=C2/OCc3ccccc32)c2ccccc21. The molecule has 0 radical (unpaired) electrons. The van der Waals surface area contributed by atoms with Crippen molar-refractivity contribution in [3.63, 3.8) is 0 Å². The fourth-order valence-electron chi connectivity index (χ4n) is 2.89. The molecule has 0 atom stereocenters. The van der Waals surface area contributed by atoms with E-state index in [-0.39, 0.29) is 5.91 Å². The third-order valence-electron chi connectivity index (χ3n) is 3.91. The molecule has 2 aliphatic heterocycles. The third kappa shape index (κ3) is 1.37. The van der Waals surface area contributed by atoms with Crippen molar-refractivity contribution < 1.29 is 9.53 Å². The Hall–Kier alpha value is -2.55. The Morgan fingerprint density at radius 3 is 2.55 bits per heavy atom. The zero-order valence-electron chi connectivity index (χ0n) is 11.1. The molecule has 0 saturated carbocycles. The minimum absolute atomic E-state index is 0.00194. The van der Waals surface area contributed by atoms with Gasteiger partial charge in [-0.05, 0) is 6.07 Å². The maximum atomic E-state index is 12.5. The summed E-state index contributed by atoms with van der Waals surface area (Å²) >= 11 is 0. The van der Waals surface area contributed by atoms with Crippen molar-refractivity contribution in [1.29, 1.82) is 0 Å². The lowest BCUT2D eigenvalue weighted by Gasteiger charge is -2.08. The predicted octanol–water partition coefficient (Wildman–Crippen LogP) is 3.06. The maximum Gasteiger partial charge on any atom is 0.262 e. The average Bonchev–Trinajstić information content (AvgIpc) is 3.01. The molecule has 0 aliphatic carbocycles. The molecule has 2 aliphatic rings. The molecule has 0 fully saturated rings. The highest BCUT2D eigenvalue weighted by atomic mass is 16.5. The van der Waals surface area contributed by atoms with E-state index in [2.05, 4.69) is 0 Å². The number of para-hydroxylation sites is 1. The van der Waals surface area contributed by atoms with Gasteiger partial charge in [0, 0.05) is 23.7 Å². The normalized spacial score (nSPS) is 19.9. The highest BCUT2D eigenvalue weighted by Crippen LogP contribution is 2.43. The molecule has 3 heteroatoms. The molecule has 20 heavy (non-hydrogen) atoms. The van der Waals surface area contributed by atoms with Crippen LogP contribution in [0.5, 0.6) is 0 Å². The molecule has 2 heterocycles. The summed E-state index contributed by atoms with van der Waals surface area (Å²) < 4.78 is 5.82. The summed E-state index contributed by atoms with van der Waals surface area (Å²) in [5.41, 5.74) is 4.73. The summed E-state index contributed by atoms with van der Waals surface area (Å²) in [6.07, 6.45) is 0. The number of nitrogens with zero attached hydrogens (tertiary/aromatic N) is 1. The first-order valence-corrected chi connectivity index (χ1v) is 6.60. The molecule has 0 unspecified atom stereocenters. The highest BCUT2D eigenvalue weighted by molar-refractivity contribution is 6.37. The molecular weight excluding hydrogens is 250 g/mol. The van der Waals surface area contributed by atoms with Gasteiger partial charge in [0.15, 0.2) is 0 Å². The lowest BCUT2D eigenvalue weighted by atomic mass is 10.0. The Morgan fingerprint density at radius 1 is 1.00 bits per heavy atom. The van der Waals surface area contributed by atoms with Gasteiger partial charge in [-0.1, -0.05) is 42.5 Å². The van der Waals surface area contributed by atoms with E-state index in [0.717, 1.165) is 22.4 Å². The van der Waals surface area contributed by atoms with Crippen LogP contribution < -0.4 is 4.90 Å². The van der Waals surface area contributed by atoms with Gasteiger partial charge in [0.25, 0.3) is 5.91 Å². The Kier molecular flexibility index (Phi) is 2.24. The number of likely N-dealkylation sites (N-methyl/N-ethyl adjacent to an activating group) is 1. The van der Waals surface area contributed by atoms with Gasteiger partial charge >= 0.3 is 0 Å². The van der Waals surface area contributed by atoms with Crippen LogP contribution in [0.25, 0.3) is 11.3 Å². The van der Waals surface area contributed by atoms with Gasteiger partial charge in [-0.25, -0.2) is 0 Å². The van der Waals surface area contributed by atoms with Gasteiger partial charge < -0.3 is 9.64 Å². The Morgan fingerprint density at radius 2 is 1.70 bits per heavy atom. The number of fused-ring (bicyclic) bond motifs is 2. The van der Waals surface area contributed by atoms with Crippen LogP contribution in [0.3, 0.4) is 0 Å². The number of rotatable bonds is 0. The van der Waals surface area contributed by atoms with E-state index < -0.39 is 0 Å². The molecule has 98 valence electrons. The van der Waals surface area contributed by atoms with Gasteiger partial charge in [0.2, 0.25) is 0 Å².